The van der Waals surface area contributed by atoms with Crippen LogP contribution in [0.4, 0.5) is 0 Å². The van der Waals surface area contributed by atoms with Crippen LogP contribution in [0.15, 0.2) is 34.7 Å². The largest absolute Gasteiger partial charge is 0.459 e. The van der Waals surface area contributed by atoms with Gasteiger partial charge in [-0.1, -0.05) is 18.2 Å². The summed E-state index contributed by atoms with van der Waals surface area (Å²) in [6, 6.07) is 10.4. The molecule has 1 aliphatic carbocycles. The van der Waals surface area contributed by atoms with Crippen LogP contribution in [0, 0.1) is 5.41 Å². The standard InChI is InChI=1S/C16H21NO2/c1-12(17-11-16(6-7-16)8-9-18)15-10-13-4-2-3-5-14(13)19-15/h2-5,10,12,17-18H,6-9,11H2,1H3. The van der Waals surface area contributed by atoms with E-state index in [0.717, 1.165) is 29.7 Å². The molecule has 3 rings (SSSR count). The Balaban J connectivity index is 1.65. The lowest BCUT2D eigenvalue weighted by atomic mass is 10.0. The SMILES string of the molecule is CC(NCC1(CCO)CC1)c1cc2ccccc2o1. The lowest BCUT2D eigenvalue weighted by Crippen LogP contribution is -2.27. The molecule has 1 aromatic heterocycles. The second kappa shape index (κ2) is 4.99. The monoisotopic (exact) mass is 259 g/mol. The Kier molecular flexibility index (Phi) is 3.33. The lowest BCUT2D eigenvalue weighted by Gasteiger charge is -2.18. The minimum atomic E-state index is 0.212. The zero-order chi connectivity index (χ0) is 13.3. The van der Waals surface area contributed by atoms with Gasteiger partial charge in [-0.05, 0) is 43.7 Å². The molecular formula is C16H21NO2. The van der Waals surface area contributed by atoms with E-state index < -0.39 is 0 Å². The zero-order valence-corrected chi connectivity index (χ0v) is 11.4. The van der Waals surface area contributed by atoms with E-state index in [1.807, 2.05) is 18.2 Å². The fourth-order valence-electron chi connectivity index (χ4n) is 2.62. The van der Waals surface area contributed by atoms with Crippen LogP contribution in [0.2, 0.25) is 0 Å². The molecule has 1 atom stereocenters. The topological polar surface area (TPSA) is 45.4 Å². The molecule has 1 saturated carbocycles. The molecule has 0 radical (unpaired) electrons. The number of aliphatic hydroxyl groups excluding tert-OH is 1. The van der Waals surface area contributed by atoms with Crippen molar-refractivity contribution in [1.82, 2.24) is 5.32 Å². The number of benzene rings is 1. The van der Waals surface area contributed by atoms with Gasteiger partial charge in [-0.25, -0.2) is 0 Å². The molecule has 1 aromatic carbocycles. The highest BCUT2D eigenvalue weighted by Gasteiger charge is 2.41. The normalized spacial score (nSPS) is 18.6. The van der Waals surface area contributed by atoms with E-state index in [2.05, 4.69) is 24.4 Å². The highest BCUT2D eigenvalue weighted by Crippen LogP contribution is 2.48. The number of hydrogen-bond acceptors (Lipinski definition) is 3. The first-order chi connectivity index (χ1) is 9.22. The van der Waals surface area contributed by atoms with E-state index in [1.54, 1.807) is 0 Å². The van der Waals surface area contributed by atoms with Gasteiger partial charge in [0.2, 0.25) is 0 Å². The van der Waals surface area contributed by atoms with Gasteiger partial charge in [0.05, 0.1) is 6.04 Å². The summed E-state index contributed by atoms with van der Waals surface area (Å²) in [5.41, 5.74) is 1.29. The average Bonchev–Trinajstić information content (AvgIpc) is 3.04. The fourth-order valence-corrected chi connectivity index (χ4v) is 2.62. The molecule has 0 spiro atoms. The molecule has 2 aromatic rings. The first-order valence-electron chi connectivity index (χ1n) is 7.05. The van der Waals surface area contributed by atoms with Crippen molar-refractivity contribution in [2.75, 3.05) is 13.2 Å². The van der Waals surface area contributed by atoms with Gasteiger partial charge in [-0.15, -0.1) is 0 Å². The van der Waals surface area contributed by atoms with Crippen molar-refractivity contribution in [3.05, 3.63) is 36.1 Å². The second-order valence-electron chi connectivity index (χ2n) is 5.76. The highest BCUT2D eigenvalue weighted by atomic mass is 16.3. The van der Waals surface area contributed by atoms with E-state index in [0.29, 0.717) is 12.0 Å². The van der Waals surface area contributed by atoms with Gasteiger partial charge in [0.1, 0.15) is 11.3 Å². The van der Waals surface area contributed by atoms with Gasteiger partial charge >= 0.3 is 0 Å². The van der Waals surface area contributed by atoms with Crippen molar-refractivity contribution in [3.63, 3.8) is 0 Å². The Bertz CT molecular complexity index is 524. The van der Waals surface area contributed by atoms with Crippen molar-refractivity contribution in [2.45, 2.75) is 32.2 Å². The molecular weight excluding hydrogens is 238 g/mol. The smallest absolute Gasteiger partial charge is 0.134 e. The molecule has 0 bridgehead atoms. The summed E-state index contributed by atoms with van der Waals surface area (Å²) in [6.07, 6.45) is 3.37. The summed E-state index contributed by atoms with van der Waals surface area (Å²) < 4.78 is 5.86. The Hall–Kier alpha value is -1.32. The molecule has 1 fully saturated rings. The van der Waals surface area contributed by atoms with Gasteiger partial charge in [-0.2, -0.15) is 0 Å². The Morgan fingerprint density at radius 1 is 1.37 bits per heavy atom. The molecule has 1 heterocycles. The molecule has 102 valence electrons. The maximum Gasteiger partial charge on any atom is 0.134 e. The summed E-state index contributed by atoms with van der Waals surface area (Å²) >= 11 is 0. The molecule has 1 aliphatic rings. The van der Waals surface area contributed by atoms with Crippen LogP contribution in [0.3, 0.4) is 0 Å². The van der Waals surface area contributed by atoms with Crippen molar-refractivity contribution >= 4 is 11.0 Å². The van der Waals surface area contributed by atoms with E-state index in [9.17, 15) is 0 Å². The van der Waals surface area contributed by atoms with Crippen LogP contribution in [0.1, 0.15) is 38.0 Å². The van der Waals surface area contributed by atoms with Crippen LogP contribution in [-0.2, 0) is 0 Å². The van der Waals surface area contributed by atoms with Crippen LogP contribution in [-0.4, -0.2) is 18.3 Å². The first kappa shape index (κ1) is 12.7. The van der Waals surface area contributed by atoms with E-state index in [4.69, 9.17) is 9.52 Å². The maximum atomic E-state index is 9.07. The third-order valence-corrected chi connectivity index (χ3v) is 4.25. The average molecular weight is 259 g/mol. The number of aliphatic hydroxyl groups is 1. The Morgan fingerprint density at radius 3 is 2.84 bits per heavy atom. The Morgan fingerprint density at radius 2 is 2.16 bits per heavy atom. The number of furan rings is 1. The minimum absolute atomic E-state index is 0.212. The molecule has 1 unspecified atom stereocenters. The fraction of sp³-hybridized carbons (Fsp3) is 0.500. The van der Waals surface area contributed by atoms with Crippen molar-refractivity contribution < 1.29 is 9.52 Å². The second-order valence-corrected chi connectivity index (χ2v) is 5.76. The summed E-state index contributed by atoms with van der Waals surface area (Å²) in [7, 11) is 0. The molecule has 2 N–H and O–H groups in total. The van der Waals surface area contributed by atoms with E-state index in [1.165, 1.54) is 12.8 Å². The molecule has 19 heavy (non-hydrogen) atoms. The highest BCUT2D eigenvalue weighted by molar-refractivity contribution is 5.77. The van der Waals surface area contributed by atoms with Crippen LogP contribution >= 0.6 is 0 Å². The summed E-state index contributed by atoms with van der Waals surface area (Å²) in [5, 5.41) is 13.8. The van der Waals surface area contributed by atoms with Gasteiger partial charge in [0.15, 0.2) is 0 Å². The third-order valence-electron chi connectivity index (χ3n) is 4.25. The third kappa shape index (κ3) is 2.67. The summed E-state index contributed by atoms with van der Waals surface area (Å²) in [4.78, 5) is 0. The van der Waals surface area contributed by atoms with Crippen LogP contribution in [0.5, 0.6) is 0 Å². The van der Waals surface area contributed by atoms with Crippen molar-refractivity contribution in [2.24, 2.45) is 5.41 Å². The molecule has 3 nitrogen and oxygen atoms in total. The first-order valence-corrected chi connectivity index (χ1v) is 7.05. The number of para-hydroxylation sites is 1. The molecule has 0 amide bonds. The Labute approximate surface area is 113 Å². The number of hydrogen-bond donors (Lipinski definition) is 2. The van der Waals surface area contributed by atoms with Crippen LogP contribution in [0.25, 0.3) is 11.0 Å². The summed E-state index contributed by atoms with van der Waals surface area (Å²) in [5.74, 6) is 0.987. The quantitative estimate of drug-likeness (QED) is 0.837. The lowest BCUT2D eigenvalue weighted by molar-refractivity contribution is 0.241. The van der Waals surface area contributed by atoms with Gasteiger partial charge in [-0.3, -0.25) is 0 Å². The van der Waals surface area contributed by atoms with Gasteiger partial charge < -0.3 is 14.8 Å². The van der Waals surface area contributed by atoms with Crippen molar-refractivity contribution in [1.29, 1.82) is 0 Å². The number of fused-ring (bicyclic) bond motifs is 1. The molecule has 3 heteroatoms. The minimum Gasteiger partial charge on any atom is -0.459 e. The molecule has 0 saturated heterocycles. The zero-order valence-electron chi connectivity index (χ0n) is 11.4. The molecule has 0 aliphatic heterocycles. The van der Waals surface area contributed by atoms with E-state index in [-0.39, 0.29) is 6.04 Å². The maximum absolute atomic E-state index is 9.07. The van der Waals surface area contributed by atoms with Crippen LogP contribution < -0.4 is 5.32 Å². The van der Waals surface area contributed by atoms with E-state index >= 15 is 0 Å². The van der Waals surface area contributed by atoms with Crippen molar-refractivity contribution in [3.8, 4) is 0 Å². The predicted molar refractivity (Wildman–Crippen MR) is 76.0 cm³/mol. The van der Waals surface area contributed by atoms with Gasteiger partial charge in [0.25, 0.3) is 0 Å². The van der Waals surface area contributed by atoms with Gasteiger partial charge in [0, 0.05) is 18.5 Å². The predicted octanol–water partition coefficient (Wildman–Crippen LogP) is 3.25. The summed E-state index contributed by atoms with van der Waals surface area (Å²) in [6.45, 7) is 3.39. The number of rotatable bonds is 6. The number of nitrogens with one attached hydrogen (secondary N) is 1.